The van der Waals surface area contributed by atoms with Crippen molar-refractivity contribution in [2.45, 2.75) is 19.1 Å². The van der Waals surface area contributed by atoms with Crippen molar-refractivity contribution in [2.24, 2.45) is 0 Å². The van der Waals surface area contributed by atoms with E-state index in [2.05, 4.69) is 5.32 Å². The minimum absolute atomic E-state index is 0.255. The Morgan fingerprint density at radius 2 is 1.79 bits per heavy atom. The summed E-state index contributed by atoms with van der Waals surface area (Å²) < 4.78 is 36.0. The van der Waals surface area contributed by atoms with Gasteiger partial charge < -0.3 is 5.32 Å². The van der Waals surface area contributed by atoms with Gasteiger partial charge in [0.15, 0.2) is 0 Å². The summed E-state index contributed by atoms with van der Waals surface area (Å²) >= 11 is 1.58. The molecule has 0 saturated carbocycles. The van der Waals surface area contributed by atoms with E-state index in [0.717, 1.165) is 16.9 Å². The molecule has 0 amide bonds. The Morgan fingerprint density at radius 3 is 2.47 bits per heavy atom. The molecule has 0 bridgehead atoms. The highest BCUT2D eigenvalue weighted by Gasteiger charge is 2.26. The topological polar surface area (TPSA) is 12.0 Å². The van der Waals surface area contributed by atoms with Gasteiger partial charge in [-0.25, -0.2) is 0 Å². The summed E-state index contributed by atoms with van der Waals surface area (Å²) in [6.07, 6.45) is -3.33. The summed E-state index contributed by atoms with van der Waals surface area (Å²) in [6.45, 7) is -0.693. The molecule has 1 nitrogen and oxygen atoms in total. The molecule has 0 saturated heterocycles. The molecule has 102 valence electrons. The van der Waals surface area contributed by atoms with Gasteiger partial charge in [0.1, 0.15) is 0 Å². The van der Waals surface area contributed by atoms with Crippen molar-refractivity contribution in [2.75, 3.05) is 6.54 Å². The summed E-state index contributed by atoms with van der Waals surface area (Å²) in [5.74, 6) is 0. The first kappa shape index (κ1) is 14.1. The minimum Gasteiger partial charge on any atom is -0.305 e. The van der Waals surface area contributed by atoms with Gasteiger partial charge >= 0.3 is 6.18 Å². The van der Waals surface area contributed by atoms with Crippen LogP contribution in [0, 0.1) is 0 Å². The third-order valence-electron chi connectivity index (χ3n) is 2.58. The smallest absolute Gasteiger partial charge is 0.305 e. The Balaban J connectivity index is 1.86. The van der Waals surface area contributed by atoms with E-state index in [0.29, 0.717) is 0 Å². The number of hydrogen-bond acceptors (Lipinski definition) is 2. The molecule has 1 N–H and O–H groups in total. The maximum Gasteiger partial charge on any atom is 0.401 e. The SMILES string of the molecule is FC(F)(F)CNCc1csc(Cc2ccccc2)c1. The fraction of sp³-hybridized carbons (Fsp3) is 0.286. The van der Waals surface area contributed by atoms with Crippen LogP contribution in [0.3, 0.4) is 0 Å². The van der Waals surface area contributed by atoms with Crippen LogP contribution < -0.4 is 5.32 Å². The van der Waals surface area contributed by atoms with Gasteiger partial charge in [-0.1, -0.05) is 30.3 Å². The van der Waals surface area contributed by atoms with Crippen molar-refractivity contribution < 1.29 is 13.2 Å². The van der Waals surface area contributed by atoms with Crippen molar-refractivity contribution in [3.8, 4) is 0 Å². The van der Waals surface area contributed by atoms with Crippen molar-refractivity contribution in [1.29, 1.82) is 0 Å². The zero-order valence-electron chi connectivity index (χ0n) is 10.2. The van der Waals surface area contributed by atoms with Gasteiger partial charge in [-0.15, -0.1) is 11.3 Å². The lowest BCUT2D eigenvalue weighted by atomic mass is 10.1. The molecular weight excluding hydrogens is 271 g/mol. The maximum absolute atomic E-state index is 12.0. The van der Waals surface area contributed by atoms with E-state index in [4.69, 9.17) is 0 Å². The van der Waals surface area contributed by atoms with Gasteiger partial charge in [0.05, 0.1) is 6.54 Å². The van der Waals surface area contributed by atoms with Crippen LogP contribution in [0.25, 0.3) is 0 Å². The Bertz CT molecular complexity index is 505. The van der Waals surface area contributed by atoms with Crippen molar-refractivity contribution in [1.82, 2.24) is 5.32 Å². The summed E-state index contributed by atoms with van der Waals surface area (Å²) in [7, 11) is 0. The van der Waals surface area contributed by atoms with Crippen LogP contribution in [0.5, 0.6) is 0 Å². The largest absolute Gasteiger partial charge is 0.401 e. The van der Waals surface area contributed by atoms with Crippen LogP contribution in [0.2, 0.25) is 0 Å². The Kier molecular flexibility index (Phi) is 4.61. The quantitative estimate of drug-likeness (QED) is 0.876. The van der Waals surface area contributed by atoms with Gasteiger partial charge in [0.25, 0.3) is 0 Å². The normalized spacial score (nSPS) is 11.7. The molecule has 2 rings (SSSR count). The number of benzene rings is 1. The Morgan fingerprint density at radius 1 is 1.05 bits per heavy atom. The van der Waals surface area contributed by atoms with Gasteiger partial charge in [-0.3, -0.25) is 0 Å². The lowest BCUT2D eigenvalue weighted by molar-refractivity contribution is -0.125. The molecule has 0 aliphatic carbocycles. The van der Waals surface area contributed by atoms with Gasteiger partial charge in [-0.05, 0) is 22.6 Å². The van der Waals surface area contributed by atoms with Crippen LogP contribution in [0.1, 0.15) is 16.0 Å². The summed E-state index contributed by atoms with van der Waals surface area (Å²) in [4.78, 5) is 1.16. The number of alkyl halides is 3. The molecule has 0 radical (unpaired) electrons. The number of hydrogen-bond donors (Lipinski definition) is 1. The second kappa shape index (κ2) is 6.21. The third kappa shape index (κ3) is 5.04. The molecule has 0 unspecified atom stereocenters. The summed E-state index contributed by atoms with van der Waals surface area (Å²) in [6, 6.07) is 12.0. The molecular formula is C14H14F3NS. The monoisotopic (exact) mass is 285 g/mol. The molecule has 0 fully saturated rings. The van der Waals surface area contributed by atoms with Gasteiger partial charge in [-0.2, -0.15) is 13.2 Å². The van der Waals surface area contributed by atoms with E-state index in [1.54, 1.807) is 11.3 Å². The van der Waals surface area contributed by atoms with Crippen LogP contribution in [0.4, 0.5) is 13.2 Å². The standard InChI is InChI=1S/C14H14F3NS/c15-14(16,17)10-18-8-12-7-13(19-9-12)6-11-4-2-1-3-5-11/h1-5,7,9,18H,6,8,10H2. The fourth-order valence-corrected chi connectivity index (χ4v) is 2.68. The first-order valence-electron chi connectivity index (χ1n) is 5.90. The van der Waals surface area contributed by atoms with Crippen LogP contribution >= 0.6 is 11.3 Å². The van der Waals surface area contributed by atoms with E-state index in [-0.39, 0.29) is 6.54 Å². The molecule has 0 aliphatic heterocycles. The van der Waals surface area contributed by atoms with Gasteiger partial charge in [0, 0.05) is 17.8 Å². The van der Waals surface area contributed by atoms with Gasteiger partial charge in [0.2, 0.25) is 0 Å². The van der Waals surface area contributed by atoms with Crippen molar-refractivity contribution >= 4 is 11.3 Å². The maximum atomic E-state index is 12.0. The highest BCUT2D eigenvalue weighted by atomic mass is 32.1. The molecule has 5 heteroatoms. The zero-order chi connectivity index (χ0) is 13.7. The highest BCUT2D eigenvalue weighted by Crippen LogP contribution is 2.19. The average molecular weight is 285 g/mol. The van der Waals surface area contributed by atoms with Crippen LogP contribution in [-0.4, -0.2) is 12.7 Å². The zero-order valence-corrected chi connectivity index (χ0v) is 11.0. The Hall–Kier alpha value is -1.33. The van der Waals surface area contributed by atoms with E-state index in [1.165, 1.54) is 5.56 Å². The molecule has 1 heterocycles. The van der Waals surface area contributed by atoms with E-state index >= 15 is 0 Å². The number of nitrogens with one attached hydrogen (secondary N) is 1. The van der Waals surface area contributed by atoms with E-state index in [1.807, 2.05) is 41.8 Å². The molecule has 1 aromatic heterocycles. The average Bonchev–Trinajstić information content (AvgIpc) is 2.76. The molecule has 2 aromatic rings. The number of halogens is 3. The molecule has 19 heavy (non-hydrogen) atoms. The first-order valence-corrected chi connectivity index (χ1v) is 6.78. The number of rotatable bonds is 5. The second-order valence-corrected chi connectivity index (χ2v) is 5.30. The molecule has 0 atom stereocenters. The fourth-order valence-electron chi connectivity index (χ4n) is 1.76. The third-order valence-corrected chi connectivity index (χ3v) is 3.57. The molecule has 1 aromatic carbocycles. The predicted molar refractivity (Wildman–Crippen MR) is 71.3 cm³/mol. The number of thiophene rings is 1. The van der Waals surface area contributed by atoms with Crippen molar-refractivity contribution in [3.05, 3.63) is 57.8 Å². The van der Waals surface area contributed by atoms with E-state index in [9.17, 15) is 13.2 Å². The lowest BCUT2D eigenvalue weighted by Crippen LogP contribution is -2.28. The first-order chi connectivity index (χ1) is 9.03. The van der Waals surface area contributed by atoms with Crippen molar-refractivity contribution in [3.63, 3.8) is 0 Å². The van der Waals surface area contributed by atoms with Crippen LogP contribution in [0.15, 0.2) is 41.8 Å². The lowest BCUT2D eigenvalue weighted by Gasteiger charge is -2.06. The molecule has 0 aliphatic rings. The minimum atomic E-state index is -4.15. The highest BCUT2D eigenvalue weighted by molar-refractivity contribution is 7.10. The summed E-state index contributed by atoms with van der Waals surface area (Å²) in [5.41, 5.74) is 2.11. The molecule has 0 spiro atoms. The second-order valence-electron chi connectivity index (χ2n) is 4.30. The summed E-state index contributed by atoms with van der Waals surface area (Å²) in [5, 5.41) is 4.30. The Labute approximate surface area is 114 Å². The van der Waals surface area contributed by atoms with E-state index < -0.39 is 12.7 Å². The van der Waals surface area contributed by atoms with Crippen LogP contribution in [-0.2, 0) is 13.0 Å². The predicted octanol–water partition coefficient (Wildman–Crippen LogP) is 3.99.